The highest BCUT2D eigenvalue weighted by Crippen LogP contribution is 2.35. The topological polar surface area (TPSA) is 67.6 Å². The van der Waals surface area contributed by atoms with Crippen molar-refractivity contribution in [3.05, 3.63) is 53.4 Å². The summed E-state index contributed by atoms with van der Waals surface area (Å²) in [6.45, 7) is 11.2. The molecular formula is C28H39N3O3. The monoisotopic (exact) mass is 465 g/mol. The van der Waals surface area contributed by atoms with Crippen molar-refractivity contribution in [3.63, 3.8) is 0 Å². The Bertz CT molecular complexity index is 1060. The Hall–Kier alpha value is -2.44. The number of hydrogen-bond acceptors (Lipinski definition) is 4. The number of aliphatic carboxylic acids is 1. The first kappa shape index (κ1) is 24.7. The van der Waals surface area contributed by atoms with Crippen LogP contribution in [0.5, 0.6) is 0 Å². The molecule has 2 aliphatic rings. The molecule has 1 aromatic heterocycles. The second-order valence-corrected chi connectivity index (χ2v) is 10.1. The molecule has 2 aromatic rings. The number of para-hydroxylation sites is 2. The number of piperidine rings is 1. The van der Waals surface area contributed by atoms with Crippen LogP contribution in [0.4, 0.5) is 0 Å². The molecule has 0 amide bonds. The third-order valence-corrected chi connectivity index (χ3v) is 7.62. The number of carboxylic acid groups (broad SMARTS) is 1. The molecule has 6 heteroatoms. The van der Waals surface area contributed by atoms with Crippen LogP contribution in [0, 0.1) is 5.41 Å². The van der Waals surface area contributed by atoms with E-state index in [2.05, 4.69) is 39.8 Å². The van der Waals surface area contributed by atoms with Crippen LogP contribution in [0.15, 0.2) is 47.6 Å². The number of likely N-dealkylation sites (tertiary alicyclic amines) is 1. The molecule has 4 rings (SSSR count). The van der Waals surface area contributed by atoms with E-state index in [4.69, 9.17) is 9.72 Å². The van der Waals surface area contributed by atoms with Gasteiger partial charge in [0, 0.05) is 25.6 Å². The standard InChI is InChI=1S/C28H39N3O3/c1-4-34-20-19-31-25-8-6-5-7-24(25)29-26(31)22-14-17-30(18-15-22)16-13-21-9-11-23(12-10-21)28(2,3)27(32)33/h5-9,11,22H,4,10,12-20H2,1-3H3,(H,32,33). The van der Waals surface area contributed by atoms with E-state index < -0.39 is 11.4 Å². The number of hydrogen-bond donors (Lipinski definition) is 1. The van der Waals surface area contributed by atoms with Crippen molar-refractivity contribution >= 4 is 17.0 Å². The first-order valence-corrected chi connectivity index (χ1v) is 12.8. The normalized spacial score (nSPS) is 18.2. The van der Waals surface area contributed by atoms with E-state index in [0.29, 0.717) is 5.92 Å². The molecule has 2 heterocycles. The Morgan fingerprint density at radius 3 is 2.59 bits per heavy atom. The van der Waals surface area contributed by atoms with Crippen LogP contribution in [-0.2, 0) is 16.1 Å². The Balaban J connectivity index is 1.33. The Labute approximate surface area is 203 Å². The van der Waals surface area contributed by atoms with Crippen LogP contribution in [0.3, 0.4) is 0 Å². The van der Waals surface area contributed by atoms with Crippen LogP contribution < -0.4 is 0 Å². The largest absolute Gasteiger partial charge is 0.481 e. The lowest BCUT2D eigenvalue weighted by atomic mass is 9.78. The highest BCUT2D eigenvalue weighted by atomic mass is 16.5. The van der Waals surface area contributed by atoms with Gasteiger partial charge in [0.15, 0.2) is 0 Å². The van der Waals surface area contributed by atoms with Crippen molar-refractivity contribution in [3.8, 4) is 0 Å². The molecule has 1 N–H and O–H groups in total. The summed E-state index contributed by atoms with van der Waals surface area (Å²) in [5, 5.41) is 9.47. The summed E-state index contributed by atoms with van der Waals surface area (Å²) in [5.74, 6) is 0.960. The molecule has 0 bridgehead atoms. The van der Waals surface area contributed by atoms with Crippen molar-refractivity contribution in [2.45, 2.75) is 65.3 Å². The summed E-state index contributed by atoms with van der Waals surface area (Å²) in [5.41, 5.74) is 3.98. The van der Waals surface area contributed by atoms with Crippen molar-refractivity contribution in [1.29, 1.82) is 0 Å². The van der Waals surface area contributed by atoms with Gasteiger partial charge < -0.3 is 19.3 Å². The Morgan fingerprint density at radius 2 is 1.91 bits per heavy atom. The molecule has 1 saturated heterocycles. The number of carbonyl (C=O) groups is 1. The van der Waals surface area contributed by atoms with Gasteiger partial charge >= 0.3 is 5.97 Å². The molecule has 0 radical (unpaired) electrons. The maximum absolute atomic E-state index is 11.5. The average molecular weight is 466 g/mol. The van der Waals surface area contributed by atoms with E-state index in [9.17, 15) is 9.90 Å². The second kappa shape index (κ2) is 10.9. The summed E-state index contributed by atoms with van der Waals surface area (Å²) in [4.78, 5) is 19.1. The van der Waals surface area contributed by atoms with Crippen LogP contribution in [0.1, 0.15) is 64.6 Å². The van der Waals surface area contributed by atoms with Gasteiger partial charge in [-0.15, -0.1) is 0 Å². The highest BCUT2D eigenvalue weighted by Gasteiger charge is 2.32. The van der Waals surface area contributed by atoms with E-state index in [1.54, 1.807) is 13.8 Å². The molecule has 1 fully saturated rings. The van der Waals surface area contributed by atoms with E-state index in [1.807, 2.05) is 13.0 Å². The molecule has 0 unspecified atom stereocenters. The van der Waals surface area contributed by atoms with Gasteiger partial charge in [0.05, 0.1) is 23.1 Å². The fourth-order valence-electron chi connectivity index (χ4n) is 5.20. The number of nitrogens with zero attached hydrogens (tertiary/aromatic N) is 3. The molecule has 0 spiro atoms. The number of imidazole rings is 1. The first-order chi connectivity index (χ1) is 16.4. The third kappa shape index (κ3) is 5.44. The molecule has 0 saturated carbocycles. The van der Waals surface area contributed by atoms with Gasteiger partial charge in [0.25, 0.3) is 0 Å². The van der Waals surface area contributed by atoms with E-state index >= 15 is 0 Å². The number of fused-ring (bicyclic) bond motifs is 1. The SMILES string of the molecule is CCOCCn1c(C2CCN(CCC3=CC=C(C(C)(C)C(=O)O)CC3)CC2)nc2ccccc21. The zero-order valence-corrected chi connectivity index (χ0v) is 20.9. The summed E-state index contributed by atoms with van der Waals surface area (Å²) in [7, 11) is 0. The lowest BCUT2D eigenvalue weighted by Gasteiger charge is -2.32. The molecule has 1 aliphatic heterocycles. The predicted octanol–water partition coefficient (Wildman–Crippen LogP) is 5.40. The minimum atomic E-state index is -0.775. The number of aromatic nitrogens is 2. The minimum Gasteiger partial charge on any atom is -0.481 e. The third-order valence-electron chi connectivity index (χ3n) is 7.62. The van der Waals surface area contributed by atoms with Gasteiger partial charge in [-0.25, -0.2) is 4.98 Å². The van der Waals surface area contributed by atoms with E-state index in [1.165, 1.54) is 16.9 Å². The van der Waals surface area contributed by atoms with E-state index in [0.717, 1.165) is 82.6 Å². The van der Waals surface area contributed by atoms with Gasteiger partial charge in [0.2, 0.25) is 0 Å². The first-order valence-electron chi connectivity index (χ1n) is 12.8. The molecule has 1 aromatic carbocycles. The Kier molecular flexibility index (Phi) is 7.89. The van der Waals surface area contributed by atoms with Crippen molar-refractivity contribution in [2.75, 3.05) is 32.8 Å². The van der Waals surface area contributed by atoms with Crippen LogP contribution in [-0.4, -0.2) is 58.4 Å². The summed E-state index contributed by atoms with van der Waals surface area (Å²) in [6, 6.07) is 8.44. The second-order valence-electron chi connectivity index (χ2n) is 10.1. The summed E-state index contributed by atoms with van der Waals surface area (Å²) < 4.78 is 8.02. The molecule has 184 valence electrons. The minimum absolute atomic E-state index is 0.489. The van der Waals surface area contributed by atoms with E-state index in [-0.39, 0.29) is 0 Å². The number of benzene rings is 1. The maximum atomic E-state index is 11.5. The van der Waals surface area contributed by atoms with Crippen LogP contribution in [0.25, 0.3) is 11.0 Å². The average Bonchev–Trinajstić information content (AvgIpc) is 3.22. The van der Waals surface area contributed by atoms with Gasteiger partial charge in [-0.1, -0.05) is 35.4 Å². The number of ether oxygens (including phenoxy) is 1. The summed E-state index contributed by atoms with van der Waals surface area (Å²) >= 11 is 0. The highest BCUT2D eigenvalue weighted by molar-refractivity contribution is 5.78. The quantitative estimate of drug-likeness (QED) is 0.476. The van der Waals surface area contributed by atoms with Crippen molar-refractivity contribution in [2.24, 2.45) is 5.41 Å². The van der Waals surface area contributed by atoms with Gasteiger partial charge in [0.1, 0.15) is 5.82 Å². The molecule has 1 aliphatic carbocycles. The number of rotatable bonds is 10. The predicted molar refractivity (Wildman–Crippen MR) is 136 cm³/mol. The zero-order chi connectivity index (χ0) is 24.1. The maximum Gasteiger partial charge on any atom is 0.313 e. The fraction of sp³-hybridized carbons (Fsp3) is 0.571. The molecular weight excluding hydrogens is 426 g/mol. The lowest BCUT2D eigenvalue weighted by Crippen LogP contribution is -2.34. The van der Waals surface area contributed by atoms with Gasteiger partial charge in [-0.2, -0.15) is 0 Å². The van der Waals surface area contributed by atoms with Crippen molar-refractivity contribution in [1.82, 2.24) is 14.5 Å². The van der Waals surface area contributed by atoms with Gasteiger partial charge in [-0.05, 0) is 78.1 Å². The molecule has 34 heavy (non-hydrogen) atoms. The fourth-order valence-corrected chi connectivity index (χ4v) is 5.20. The van der Waals surface area contributed by atoms with Crippen molar-refractivity contribution < 1.29 is 14.6 Å². The number of carboxylic acids is 1. The molecule has 6 nitrogen and oxygen atoms in total. The van der Waals surface area contributed by atoms with Crippen LogP contribution in [0.2, 0.25) is 0 Å². The smallest absolute Gasteiger partial charge is 0.313 e. The van der Waals surface area contributed by atoms with Crippen LogP contribution >= 0.6 is 0 Å². The van der Waals surface area contributed by atoms with Gasteiger partial charge in [-0.3, -0.25) is 4.79 Å². The summed E-state index contributed by atoms with van der Waals surface area (Å²) in [6.07, 6.45) is 9.37. The number of allylic oxidation sites excluding steroid dienone is 2. The molecule has 0 atom stereocenters. The zero-order valence-electron chi connectivity index (χ0n) is 20.9. The Morgan fingerprint density at radius 1 is 1.15 bits per heavy atom. The lowest BCUT2D eigenvalue weighted by molar-refractivity contribution is -0.144.